The van der Waals surface area contributed by atoms with Crippen LogP contribution in [0.4, 0.5) is 0 Å². The topological polar surface area (TPSA) is 32.3 Å². The van der Waals surface area contributed by atoms with Crippen molar-refractivity contribution in [3.8, 4) is 0 Å². The van der Waals surface area contributed by atoms with Crippen molar-refractivity contribution in [1.29, 1.82) is 0 Å². The largest absolute Gasteiger partial charge is 0.315 e. The predicted octanol–water partition coefficient (Wildman–Crippen LogP) is 2.53. The average molecular weight is 293 g/mol. The van der Waals surface area contributed by atoms with Crippen LogP contribution in [0.15, 0.2) is 6.07 Å². The summed E-state index contributed by atoms with van der Waals surface area (Å²) >= 11 is 13.1. The van der Waals surface area contributed by atoms with Crippen LogP contribution in [0.3, 0.4) is 0 Å². The van der Waals surface area contributed by atoms with Crippen molar-refractivity contribution < 1.29 is 4.79 Å². The summed E-state index contributed by atoms with van der Waals surface area (Å²) in [5, 5.41) is 3.31. The predicted molar refractivity (Wildman–Crippen MR) is 72.6 cm³/mol. The van der Waals surface area contributed by atoms with Crippen LogP contribution in [0.25, 0.3) is 0 Å². The molecule has 0 amide bonds. The number of carbonyl (C=O) groups excluding carboxylic acids is 1. The van der Waals surface area contributed by atoms with Gasteiger partial charge in [-0.25, -0.2) is 0 Å². The lowest BCUT2D eigenvalue weighted by Crippen LogP contribution is -2.33. The summed E-state index contributed by atoms with van der Waals surface area (Å²) in [7, 11) is 0. The zero-order valence-corrected chi connectivity index (χ0v) is 11.7. The Kier molecular flexibility index (Phi) is 4.82. The third-order valence-corrected chi connectivity index (χ3v) is 4.24. The third-order valence-electron chi connectivity index (χ3n) is 2.76. The zero-order chi connectivity index (χ0) is 12.3. The van der Waals surface area contributed by atoms with Gasteiger partial charge in [0, 0.05) is 13.1 Å². The number of carbonyl (C=O) groups is 1. The first-order valence-electron chi connectivity index (χ1n) is 5.58. The molecule has 0 saturated carbocycles. The fourth-order valence-electron chi connectivity index (χ4n) is 1.88. The van der Waals surface area contributed by atoms with Gasteiger partial charge in [0.2, 0.25) is 0 Å². The Morgan fingerprint density at radius 2 is 2.24 bits per heavy atom. The molecule has 1 aromatic rings. The molecule has 0 spiro atoms. The lowest BCUT2D eigenvalue weighted by atomic mass is 10.2. The van der Waals surface area contributed by atoms with E-state index in [1.165, 1.54) is 11.3 Å². The van der Waals surface area contributed by atoms with Crippen molar-refractivity contribution in [3.63, 3.8) is 0 Å². The number of nitrogens with one attached hydrogen (secondary N) is 1. The Hall–Kier alpha value is -0.130. The van der Waals surface area contributed by atoms with Crippen LogP contribution in [0.1, 0.15) is 16.8 Å². The summed E-state index contributed by atoms with van der Waals surface area (Å²) in [4.78, 5) is 14.2. The van der Waals surface area contributed by atoms with Gasteiger partial charge in [0.15, 0.2) is 5.78 Å². The van der Waals surface area contributed by atoms with Crippen molar-refractivity contribution >= 4 is 40.3 Å². The van der Waals surface area contributed by atoms with E-state index in [1.807, 2.05) is 0 Å². The number of hydrogen-bond acceptors (Lipinski definition) is 4. The maximum absolute atomic E-state index is 12.1. The van der Waals surface area contributed by atoms with Crippen LogP contribution in [-0.4, -0.2) is 43.4 Å². The van der Waals surface area contributed by atoms with E-state index >= 15 is 0 Å². The van der Waals surface area contributed by atoms with Gasteiger partial charge in [0.1, 0.15) is 4.34 Å². The van der Waals surface area contributed by atoms with Crippen molar-refractivity contribution in [3.05, 3.63) is 20.3 Å². The zero-order valence-electron chi connectivity index (χ0n) is 9.34. The van der Waals surface area contributed by atoms with Crippen LogP contribution in [0, 0.1) is 0 Å². The summed E-state index contributed by atoms with van der Waals surface area (Å²) in [5.41, 5.74) is 0.555. The minimum absolute atomic E-state index is 0.0556. The summed E-state index contributed by atoms with van der Waals surface area (Å²) in [5.74, 6) is 0.0556. The van der Waals surface area contributed by atoms with Gasteiger partial charge < -0.3 is 5.32 Å². The van der Waals surface area contributed by atoms with Crippen molar-refractivity contribution in [2.24, 2.45) is 0 Å². The highest BCUT2D eigenvalue weighted by molar-refractivity contribution is 7.20. The quantitative estimate of drug-likeness (QED) is 0.869. The standard InChI is InChI=1S/C11H14Cl2N2OS/c12-10-6-8(11(13)17-10)9(16)7-15-4-1-2-14-3-5-15/h6,14H,1-5,7H2. The van der Waals surface area contributed by atoms with Crippen LogP contribution < -0.4 is 5.32 Å². The van der Waals surface area contributed by atoms with Gasteiger partial charge >= 0.3 is 0 Å². The van der Waals surface area contributed by atoms with E-state index in [1.54, 1.807) is 6.07 Å². The SMILES string of the molecule is O=C(CN1CCCNCC1)c1cc(Cl)sc1Cl. The van der Waals surface area contributed by atoms with Gasteiger partial charge in [-0.2, -0.15) is 0 Å². The highest BCUT2D eigenvalue weighted by Gasteiger charge is 2.18. The fourth-order valence-corrected chi connectivity index (χ4v) is 3.38. The lowest BCUT2D eigenvalue weighted by Gasteiger charge is -2.17. The first-order valence-corrected chi connectivity index (χ1v) is 7.15. The maximum Gasteiger partial charge on any atom is 0.179 e. The lowest BCUT2D eigenvalue weighted by molar-refractivity contribution is 0.0935. The molecule has 1 aromatic heterocycles. The Morgan fingerprint density at radius 3 is 2.94 bits per heavy atom. The molecule has 0 radical (unpaired) electrons. The first-order chi connectivity index (χ1) is 8.16. The van der Waals surface area contributed by atoms with Crippen LogP contribution in [0.5, 0.6) is 0 Å². The Bertz CT molecular complexity index is 400. The van der Waals surface area contributed by atoms with Crippen LogP contribution in [0.2, 0.25) is 8.67 Å². The van der Waals surface area contributed by atoms with Gasteiger partial charge in [-0.05, 0) is 25.6 Å². The van der Waals surface area contributed by atoms with Gasteiger partial charge in [-0.3, -0.25) is 9.69 Å². The normalized spacial score (nSPS) is 18.0. The molecular weight excluding hydrogens is 279 g/mol. The Morgan fingerprint density at radius 1 is 1.41 bits per heavy atom. The third kappa shape index (κ3) is 3.66. The number of rotatable bonds is 3. The van der Waals surface area contributed by atoms with Gasteiger partial charge in [-0.15, -0.1) is 11.3 Å². The molecule has 1 aliphatic heterocycles. The fraction of sp³-hybridized carbons (Fsp3) is 0.545. The molecule has 0 aliphatic carbocycles. The second-order valence-corrected chi connectivity index (χ2v) is 6.33. The minimum Gasteiger partial charge on any atom is -0.315 e. The van der Waals surface area contributed by atoms with Crippen molar-refractivity contribution in [1.82, 2.24) is 10.2 Å². The number of nitrogens with zero attached hydrogens (tertiary/aromatic N) is 1. The van der Waals surface area contributed by atoms with E-state index in [2.05, 4.69) is 10.2 Å². The van der Waals surface area contributed by atoms with Crippen LogP contribution >= 0.6 is 34.5 Å². The van der Waals surface area contributed by atoms with Gasteiger partial charge in [0.05, 0.1) is 16.4 Å². The summed E-state index contributed by atoms with van der Waals surface area (Å²) in [6.45, 7) is 4.24. The number of hydrogen-bond donors (Lipinski definition) is 1. The molecular formula is C11H14Cl2N2OS. The van der Waals surface area contributed by atoms with Gasteiger partial charge in [0.25, 0.3) is 0 Å². The molecule has 2 heterocycles. The number of Topliss-reactive ketones (excluding diaryl/α,β-unsaturated/α-hetero) is 1. The average Bonchev–Trinajstić information content (AvgIpc) is 2.51. The summed E-state index contributed by atoms with van der Waals surface area (Å²) in [6, 6.07) is 1.66. The van der Waals surface area contributed by atoms with E-state index in [0.29, 0.717) is 20.8 Å². The molecule has 2 rings (SSSR count). The summed E-state index contributed by atoms with van der Waals surface area (Å²) < 4.78 is 1.06. The second kappa shape index (κ2) is 6.16. The molecule has 0 atom stereocenters. The van der Waals surface area contributed by atoms with E-state index in [9.17, 15) is 4.79 Å². The molecule has 1 fully saturated rings. The van der Waals surface area contributed by atoms with E-state index in [0.717, 1.165) is 32.6 Å². The Labute approximate surface area is 115 Å². The maximum atomic E-state index is 12.1. The molecule has 1 saturated heterocycles. The monoisotopic (exact) mass is 292 g/mol. The van der Waals surface area contributed by atoms with E-state index in [4.69, 9.17) is 23.2 Å². The molecule has 1 aliphatic rings. The molecule has 0 unspecified atom stereocenters. The molecule has 0 aromatic carbocycles. The molecule has 0 bridgehead atoms. The molecule has 94 valence electrons. The highest BCUT2D eigenvalue weighted by Crippen LogP contribution is 2.31. The summed E-state index contributed by atoms with van der Waals surface area (Å²) in [6.07, 6.45) is 1.07. The van der Waals surface area contributed by atoms with E-state index < -0.39 is 0 Å². The van der Waals surface area contributed by atoms with E-state index in [-0.39, 0.29) is 5.78 Å². The van der Waals surface area contributed by atoms with Crippen molar-refractivity contribution in [2.75, 3.05) is 32.7 Å². The van der Waals surface area contributed by atoms with Gasteiger partial charge in [-0.1, -0.05) is 23.2 Å². The number of ketones is 1. The van der Waals surface area contributed by atoms with Crippen molar-refractivity contribution in [2.45, 2.75) is 6.42 Å². The second-order valence-electron chi connectivity index (χ2n) is 4.04. The number of thiophene rings is 1. The molecule has 17 heavy (non-hydrogen) atoms. The molecule has 1 N–H and O–H groups in total. The smallest absolute Gasteiger partial charge is 0.179 e. The minimum atomic E-state index is 0.0556. The first kappa shape index (κ1) is 13.3. The molecule has 3 nitrogen and oxygen atoms in total. The van der Waals surface area contributed by atoms with Crippen LogP contribution in [-0.2, 0) is 0 Å². The molecule has 6 heteroatoms. The number of halogens is 2. The highest BCUT2D eigenvalue weighted by atomic mass is 35.5. The Balaban J connectivity index is 1.98.